The van der Waals surface area contributed by atoms with Crippen LogP contribution in [0.1, 0.15) is 43.9 Å². The molecule has 0 radical (unpaired) electrons. The zero-order valence-corrected chi connectivity index (χ0v) is 13.2. The average Bonchev–Trinajstić information content (AvgIpc) is 2.41. The molecule has 19 heavy (non-hydrogen) atoms. The van der Waals surface area contributed by atoms with Crippen LogP contribution in [-0.2, 0) is 0 Å². The number of benzene rings is 1. The van der Waals surface area contributed by atoms with Crippen LogP contribution in [0.25, 0.3) is 0 Å². The SMILES string of the molecule is CCCNC(c1ccc(C)cc1)C(C)SCCCO. The number of aliphatic hydroxyl groups excluding tert-OH is 1. The maximum atomic E-state index is 8.88. The van der Waals surface area contributed by atoms with E-state index in [0.29, 0.717) is 11.3 Å². The Kier molecular flexibility index (Phi) is 8.19. The Morgan fingerprint density at radius 3 is 2.53 bits per heavy atom. The van der Waals surface area contributed by atoms with Gasteiger partial charge >= 0.3 is 0 Å². The van der Waals surface area contributed by atoms with Gasteiger partial charge in [0.15, 0.2) is 0 Å². The molecule has 0 amide bonds. The quantitative estimate of drug-likeness (QED) is 0.679. The second-order valence-electron chi connectivity index (χ2n) is 5.00. The van der Waals surface area contributed by atoms with E-state index in [9.17, 15) is 0 Å². The van der Waals surface area contributed by atoms with E-state index in [1.165, 1.54) is 11.1 Å². The number of aryl methyl sites for hydroxylation is 1. The van der Waals surface area contributed by atoms with E-state index in [-0.39, 0.29) is 6.61 Å². The van der Waals surface area contributed by atoms with Crippen LogP contribution in [0.3, 0.4) is 0 Å². The van der Waals surface area contributed by atoms with Crippen molar-refractivity contribution in [3.63, 3.8) is 0 Å². The summed E-state index contributed by atoms with van der Waals surface area (Å²) in [5.41, 5.74) is 2.67. The molecule has 0 saturated carbocycles. The van der Waals surface area contributed by atoms with Gasteiger partial charge in [-0.05, 0) is 37.6 Å². The number of aliphatic hydroxyl groups is 1. The summed E-state index contributed by atoms with van der Waals surface area (Å²) in [7, 11) is 0. The molecule has 0 heterocycles. The third kappa shape index (κ3) is 5.98. The molecule has 0 bridgehead atoms. The van der Waals surface area contributed by atoms with Crippen molar-refractivity contribution in [3.8, 4) is 0 Å². The zero-order valence-electron chi connectivity index (χ0n) is 12.4. The number of hydrogen-bond donors (Lipinski definition) is 2. The van der Waals surface area contributed by atoms with Gasteiger partial charge in [-0.15, -0.1) is 0 Å². The Bertz CT molecular complexity index is 339. The third-order valence-electron chi connectivity index (χ3n) is 3.20. The van der Waals surface area contributed by atoms with Crippen molar-refractivity contribution in [1.82, 2.24) is 5.32 Å². The molecular formula is C16H27NOS. The molecule has 0 aliphatic carbocycles. The van der Waals surface area contributed by atoms with E-state index >= 15 is 0 Å². The van der Waals surface area contributed by atoms with E-state index in [0.717, 1.165) is 25.1 Å². The minimum atomic E-state index is 0.289. The van der Waals surface area contributed by atoms with Gasteiger partial charge in [-0.25, -0.2) is 0 Å². The molecule has 1 rings (SSSR count). The van der Waals surface area contributed by atoms with Gasteiger partial charge in [0.25, 0.3) is 0 Å². The molecular weight excluding hydrogens is 254 g/mol. The van der Waals surface area contributed by atoms with Gasteiger partial charge in [0.05, 0.1) is 0 Å². The summed E-state index contributed by atoms with van der Waals surface area (Å²) in [5.74, 6) is 1.02. The smallest absolute Gasteiger partial charge is 0.0438 e. The summed E-state index contributed by atoms with van der Waals surface area (Å²) >= 11 is 1.94. The van der Waals surface area contributed by atoms with Crippen molar-refractivity contribution in [1.29, 1.82) is 0 Å². The highest BCUT2D eigenvalue weighted by atomic mass is 32.2. The van der Waals surface area contributed by atoms with Gasteiger partial charge < -0.3 is 10.4 Å². The Morgan fingerprint density at radius 1 is 1.26 bits per heavy atom. The van der Waals surface area contributed by atoms with E-state index in [4.69, 9.17) is 5.11 Å². The normalized spacial score (nSPS) is 14.3. The Balaban J connectivity index is 2.67. The van der Waals surface area contributed by atoms with E-state index in [1.54, 1.807) is 0 Å². The molecule has 2 atom stereocenters. The fourth-order valence-electron chi connectivity index (χ4n) is 2.06. The molecule has 3 heteroatoms. The van der Waals surface area contributed by atoms with Crippen LogP contribution in [0, 0.1) is 6.92 Å². The molecule has 0 aliphatic rings. The van der Waals surface area contributed by atoms with Crippen LogP contribution in [-0.4, -0.2) is 29.3 Å². The standard InChI is InChI=1S/C16H27NOS/c1-4-10-17-16(14(3)19-12-5-11-18)15-8-6-13(2)7-9-15/h6-9,14,16-18H,4-5,10-12H2,1-3H3. The number of thioether (sulfide) groups is 1. The lowest BCUT2D eigenvalue weighted by atomic mass is 10.0. The van der Waals surface area contributed by atoms with Gasteiger partial charge in [0.2, 0.25) is 0 Å². The summed E-state index contributed by atoms with van der Waals surface area (Å²) in [6.07, 6.45) is 2.03. The first kappa shape index (κ1) is 16.5. The van der Waals surface area contributed by atoms with E-state index in [2.05, 4.69) is 50.4 Å². The summed E-state index contributed by atoms with van der Waals surface area (Å²) in [6, 6.07) is 9.21. The van der Waals surface area contributed by atoms with E-state index < -0.39 is 0 Å². The van der Waals surface area contributed by atoms with Crippen molar-refractivity contribution < 1.29 is 5.11 Å². The summed E-state index contributed by atoms with van der Waals surface area (Å²) in [6.45, 7) is 7.93. The lowest BCUT2D eigenvalue weighted by Crippen LogP contribution is -2.29. The van der Waals surface area contributed by atoms with Crippen molar-refractivity contribution in [2.75, 3.05) is 18.9 Å². The van der Waals surface area contributed by atoms with Crippen molar-refractivity contribution in [3.05, 3.63) is 35.4 Å². The molecule has 2 nitrogen and oxygen atoms in total. The summed E-state index contributed by atoms with van der Waals surface area (Å²) in [4.78, 5) is 0. The molecule has 0 spiro atoms. The zero-order chi connectivity index (χ0) is 14.1. The van der Waals surface area contributed by atoms with Crippen molar-refractivity contribution in [2.24, 2.45) is 0 Å². The monoisotopic (exact) mass is 281 g/mol. The molecule has 108 valence electrons. The van der Waals surface area contributed by atoms with Crippen LogP contribution in [0.2, 0.25) is 0 Å². The van der Waals surface area contributed by atoms with E-state index in [1.807, 2.05) is 11.8 Å². The lowest BCUT2D eigenvalue weighted by molar-refractivity contribution is 0.296. The maximum absolute atomic E-state index is 8.88. The van der Waals surface area contributed by atoms with Crippen LogP contribution in [0.4, 0.5) is 0 Å². The molecule has 0 aliphatic heterocycles. The Hall–Kier alpha value is -0.510. The molecule has 0 fully saturated rings. The van der Waals surface area contributed by atoms with Crippen molar-refractivity contribution >= 4 is 11.8 Å². The largest absolute Gasteiger partial charge is 0.396 e. The summed E-state index contributed by atoms with van der Waals surface area (Å²) < 4.78 is 0. The second kappa shape index (κ2) is 9.40. The second-order valence-corrected chi connectivity index (χ2v) is 6.48. The topological polar surface area (TPSA) is 32.3 Å². The number of rotatable bonds is 9. The maximum Gasteiger partial charge on any atom is 0.0438 e. The predicted molar refractivity (Wildman–Crippen MR) is 85.8 cm³/mol. The fourth-order valence-corrected chi connectivity index (χ4v) is 3.17. The number of hydrogen-bond acceptors (Lipinski definition) is 3. The van der Waals surface area contributed by atoms with Gasteiger partial charge in [-0.3, -0.25) is 0 Å². The lowest BCUT2D eigenvalue weighted by Gasteiger charge is -2.25. The highest BCUT2D eigenvalue weighted by molar-refractivity contribution is 7.99. The third-order valence-corrected chi connectivity index (χ3v) is 4.53. The Morgan fingerprint density at radius 2 is 1.95 bits per heavy atom. The molecule has 0 saturated heterocycles. The molecule has 1 aromatic rings. The first-order valence-corrected chi connectivity index (χ1v) is 8.26. The predicted octanol–water partition coefficient (Wildman–Crippen LogP) is 3.54. The Labute approximate surface area is 122 Å². The van der Waals surface area contributed by atoms with Gasteiger partial charge in [0.1, 0.15) is 0 Å². The van der Waals surface area contributed by atoms with Crippen LogP contribution in [0.15, 0.2) is 24.3 Å². The minimum Gasteiger partial charge on any atom is -0.396 e. The van der Waals surface area contributed by atoms with Crippen LogP contribution < -0.4 is 5.32 Å². The molecule has 2 N–H and O–H groups in total. The van der Waals surface area contributed by atoms with Crippen LogP contribution in [0.5, 0.6) is 0 Å². The van der Waals surface area contributed by atoms with Gasteiger partial charge in [0, 0.05) is 17.9 Å². The van der Waals surface area contributed by atoms with Gasteiger partial charge in [-0.2, -0.15) is 11.8 Å². The summed E-state index contributed by atoms with van der Waals surface area (Å²) in [5, 5.41) is 13.0. The molecule has 1 aromatic carbocycles. The van der Waals surface area contributed by atoms with Crippen molar-refractivity contribution in [2.45, 2.75) is 44.9 Å². The van der Waals surface area contributed by atoms with Gasteiger partial charge in [-0.1, -0.05) is 43.7 Å². The molecule has 2 unspecified atom stereocenters. The highest BCUT2D eigenvalue weighted by Crippen LogP contribution is 2.27. The highest BCUT2D eigenvalue weighted by Gasteiger charge is 2.18. The fraction of sp³-hybridized carbons (Fsp3) is 0.625. The first-order chi connectivity index (χ1) is 9.19. The molecule has 0 aromatic heterocycles. The average molecular weight is 281 g/mol. The minimum absolute atomic E-state index is 0.289. The first-order valence-electron chi connectivity index (χ1n) is 7.21. The van der Waals surface area contributed by atoms with Crippen LogP contribution >= 0.6 is 11.8 Å². The number of nitrogens with one attached hydrogen (secondary N) is 1.